The highest BCUT2D eigenvalue weighted by molar-refractivity contribution is 6.29. The third-order valence-corrected chi connectivity index (χ3v) is 2.67. The molecule has 1 aliphatic rings. The van der Waals surface area contributed by atoms with Gasteiger partial charge in [0.25, 0.3) is 5.56 Å². The minimum atomic E-state index is -0.563. The van der Waals surface area contributed by atoms with Crippen molar-refractivity contribution in [3.05, 3.63) is 21.6 Å². The van der Waals surface area contributed by atoms with Gasteiger partial charge in [0.15, 0.2) is 0 Å². The lowest BCUT2D eigenvalue weighted by molar-refractivity contribution is -0.123. The van der Waals surface area contributed by atoms with Crippen LogP contribution in [0.25, 0.3) is 0 Å². The molecule has 2 rings (SSSR count). The van der Waals surface area contributed by atoms with Crippen molar-refractivity contribution in [2.75, 3.05) is 11.4 Å². The molecule has 1 unspecified atom stereocenters. The molecule has 0 spiro atoms. The summed E-state index contributed by atoms with van der Waals surface area (Å²) >= 11 is 5.61. The van der Waals surface area contributed by atoms with Crippen molar-refractivity contribution in [1.82, 2.24) is 9.97 Å². The van der Waals surface area contributed by atoms with Gasteiger partial charge in [-0.25, -0.2) is 4.98 Å². The predicted molar refractivity (Wildman–Crippen MR) is 59.5 cm³/mol. The Hall–Kier alpha value is -1.89. The number of carbonyl (C=O) groups is 2. The molecule has 7 nitrogen and oxygen atoms in total. The summed E-state index contributed by atoms with van der Waals surface area (Å²) < 4.78 is 0. The van der Waals surface area contributed by atoms with Gasteiger partial charge in [-0.3, -0.25) is 24.3 Å². The highest BCUT2D eigenvalue weighted by Crippen LogP contribution is 2.21. The number of anilines is 1. The molecule has 1 aromatic heterocycles. The molecule has 90 valence electrons. The number of nitrogens with zero attached hydrogens (tertiary/aromatic N) is 2. The fraction of sp³-hybridized carbons (Fsp3) is 0.333. The van der Waals surface area contributed by atoms with E-state index in [1.54, 1.807) is 0 Å². The van der Waals surface area contributed by atoms with Crippen molar-refractivity contribution in [1.29, 1.82) is 0 Å². The molecule has 0 aliphatic carbocycles. The first-order valence-electron chi connectivity index (χ1n) is 4.84. The summed E-state index contributed by atoms with van der Waals surface area (Å²) in [6.45, 7) is 0.109. The molecule has 17 heavy (non-hydrogen) atoms. The zero-order valence-corrected chi connectivity index (χ0v) is 9.40. The third-order valence-electron chi connectivity index (χ3n) is 2.48. The van der Waals surface area contributed by atoms with Crippen molar-refractivity contribution in [3.8, 4) is 0 Å². The third kappa shape index (κ3) is 2.28. The summed E-state index contributed by atoms with van der Waals surface area (Å²) in [4.78, 5) is 41.2. The number of hydrogen-bond acceptors (Lipinski definition) is 4. The molecule has 2 heterocycles. The van der Waals surface area contributed by atoms with Gasteiger partial charge < -0.3 is 5.73 Å². The highest BCUT2D eigenvalue weighted by Gasteiger charge is 2.35. The molecule has 1 saturated heterocycles. The molecule has 1 aromatic rings. The Morgan fingerprint density at radius 2 is 2.29 bits per heavy atom. The van der Waals surface area contributed by atoms with Crippen LogP contribution in [0.3, 0.4) is 0 Å². The van der Waals surface area contributed by atoms with Crippen molar-refractivity contribution in [2.45, 2.75) is 6.42 Å². The van der Waals surface area contributed by atoms with Crippen molar-refractivity contribution in [2.24, 2.45) is 11.7 Å². The fourth-order valence-corrected chi connectivity index (χ4v) is 1.83. The van der Waals surface area contributed by atoms with E-state index in [9.17, 15) is 14.4 Å². The van der Waals surface area contributed by atoms with Gasteiger partial charge in [0, 0.05) is 19.0 Å². The number of nitrogens with one attached hydrogen (secondary N) is 1. The van der Waals surface area contributed by atoms with E-state index in [4.69, 9.17) is 17.3 Å². The molecule has 3 N–H and O–H groups in total. The molecule has 1 aliphatic heterocycles. The minimum absolute atomic E-state index is 0.0147. The first-order valence-corrected chi connectivity index (χ1v) is 5.21. The number of halogens is 1. The van der Waals surface area contributed by atoms with Crippen LogP contribution >= 0.6 is 11.6 Å². The van der Waals surface area contributed by atoms with Crippen LogP contribution < -0.4 is 16.2 Å². The Kier molecular flexibility index (Phi) is 2.84. The SMILES string of the molecule is NC(=O)C1CC(=O)N(c2nc(Cl)cc(=O)[nH]2)C1. The van der Waals surface area contributed by atoms with E-state index in [0.29, 0.717) is 0 Å². The number of aromatic amines is 1. The molecule has 0 saturated carbocycles. The zero-order chi connectivity index (χ0) is 12.6. The van der Waals surface area contributed by atoms with E-state index in [-0.39, 0.29) is 30.0 Å². The van der Waals surface area contributed by atoms with Crippen molar-refractivity contribution >= 4 is 29.4 Å². The lowest BCUT2D eigenvalue weighted by Crippen LogP contribution is -2.30. The molecular formula is C9H9ClN4O3. The molecule has 0 aromatic carbocycles. The predicted octanol–water partition coefficient (Wildman–Crippen LogP) is -0.739. The van der Waals surface area contributed by atoms with Crippen LogP contribution in [0.5, 0.6) is 0 Å². The average molecular weight is 257 g/mol. The van der Waals surface area contributed by atoms with Crippen LogP contribution in [-0.2, 0) is 9.59 Å². The van der Waals surface area contributed by atoms with Gasteiger partial charge in [0.2, 0.25) is 17.8 Å². The topological polar surface area (TPSA) is 109 Å². The minimum Gasteiger partial charge on any atom is -0.369 e. The highest BCUT2D eigenvalue weighted by atomic mass is 35.5. The zero-order valence-electron chi connectivity index (χ0n) is 8.64. The Morgan fingerprint density at radius 3 is 2.82 bits per heavy atom. The van der Waals surface area contributed by atoms with Crippen LogP contribution in [0.4, 0.5) is 5.95 Å². The number of amides is 2. The van der Waals surface area contributed by atoms with Gasteiger partial charge in [0.05, 0.1) is 5.92 Å². The quantitative estimate of drug-likeness (QED) is 0.679. The van der Waals surface area contributed by atoms with Crippen molar-refractivity contribution in [3.63, 3.8) is 0 Å². The summed E-state index contributed by atoms with van der Waals surface area (Å²) in [5, 5.41) is -0.0147. The van der Waals surface area contributed by atoms with E-state index in [1.807, 2.05) is 0 Å². The Balaban J connectivity index is 2.32. The number of hydrogen-bond donors (Lipinski definition) is 2. The van der Waals surface area contributed by atoms with Crippen LogP contribution in [0.15, 0.2) is 10.9 Å². The lowest BCUT2D eigenvalue weighted by Gasteiger charge is -2.13. The summed E-state index contributed by atoms with van der Waals surface area (Å²) in [5.41, 5.74) is 4.66. The van der Waals surface area contributed by atoms with E-state index in [1.165, 1.54) is 4.90 Å². The largest absolute Gasteiger partial charge is 0.369 e. The molecule has 0 bridgehead atoms. The fourth-order valence-electron chi connectivity index (χ4n) is 1.65. The molecule has 1 atom stereocenters. The smallest absolute Gasteiger partial charge is 0.253 e. The Morgan fingerprint density at radius 1 is 1.59 bits per heavy atom. The van der Waals surface area contributed by atoms with E-state index in [0.717, 1.165) is 6.07 Å². The monoisotopic (exact) mass is 256 g/mol. The van der Waals surface area contributed by atoms with Gasteiger partial charge in [-0.15, -0.1) is 0 Å². The van der Waals surface area contributed by atoms with Crippen LogP contribution in [0.1, 0.15) is 6.42 Å². The maximum atomic E-state index is 11.6. The van der Waals surface area contributed by atoms with Gasteiger partial charge in [-0.2, -0.15) is 0 Å². The van der Waals surface area contributed by atoms with Crippen LogP contribution in [-0.4, -0.2) is 28.3 Å². The Labute approximate surface area is 101 Å². The second kappa shape index (κ2) is 4.17. The average Bonchev–Trinajstić information content (AvgIpc) is 2.59. The molecule has 8 heteroatoms. The number of nitrogens with two attached hydrogens (primary N) is 1. The summed E-state index contributed by atoms with van der Waals surface area (Å²) in [5.74, 6) is -1.40. The lowest BCUT2D eigenvalue weighted by atomic mass is 10.1. The molecule has 1 fully saturated rings. The van der Waals surface area contributed by atoms with E-state index in [2.05, 4.69) is 9.97 Å². The van der Waals surface area contributed by atoms with E-state index >= 15 is 0 Å². The van der Waals surface area contributed by atoms with E-state index < -0.39 is 17.4 Å². The van der Waals surface area contributed by atoms with Gasteiger partial charge in [-0.1, -0.05) is 11.6 Å². The normalized spacial score (nSPS) is 19.7. The first-order chi connectivity index (χ1) is 7.97. The molecule has 2 amide bonds. The van der Waals surface area contributed by atoms with Gasteiger partial charge >= 0.3 is 0 Å². The standard InChI is InChI=1S/C9H9ClN4O3/c10-5-2-6(15)13-9(12-5)14-3-4(8(11)17)1-7(14)16/h2,4H,1,3H2,(H2,11,17)(H,12,13,15). The molecular weight excluding hydrogens is 248 g/mol. The second-order valence-corrected chi connectivity index (χ2v) is 4.09. The number of aromatic nitrogens is 2. The summed E-state index contributed by atoms with van der Waals surface area (Å²) in [6, 6.07) is 1.09. The number of rotatable bonds is 2. The number of primary amides is 1. The van der Waals surface area contributed by atoms with Gasteiger partial charge in [-0.05, 0) is 0 Å². The van der Waals surface area contributed by atoms with Crippen LogP contribution in [0, 0.1) is 5.92 Å². The second-order valence-electron chi connectivity index (χ2n) is 3.70. The summed E-state index contributed by atoms with van der Waals surface area (Å²) in [7, 11) is 0. The Bertz CT molecular complexity index is 541. The van der Waals surface area contributed by atoms with Crippen LogP contribution in [0.2, 0.25) is 5.15 Å². The van der Waals surface area contributed by atoms with Crippen molar-refractivity contribution < 1.29 is 9.59 Å². The number of H-pyrrole nitrogens is 1. The maximum absolute atomic E-state index is 11.6. The van der Waals surface area contributed by atoms with Gasteiger partial charge in [0.1, 0.15) is 5.15 Å². The first kappa shape index (κ1) is 11.6. The maximum Gasteiger partial charge on any atom is 0.253 e. The number of carbonyl (C=O) groups excluding carboxylic acids is 2. The molecule has 0 radical (unpaired) electrons. The summed E-state index contributed by atoms with van der Waals surface area (Å²) in [6.07, 6.45) is 0.0194.